The lowest BCUT2D eigenvalue weighted by atomic mass is 9.89. The van der Waals surface area contributed by atoms with Crippen LogP contribution in [-0.2, 0) is 6.18 Å². The Bertz CT molecular complexity index is 1260. The van der Waals surface area contributed by atoms with Crippen LogP contribution >= 0.6 is 28.6 Å². The Morgan fingerprint density at radius 3 is 2.48 bits per heavy atom. The predicted molar refractivity (Wildman–Crippen MR) is 122 cm³/mol. The fourth-order valence-corrected chi connectivity index (χ4v) is 4.59. The van der Waals surface area contributed by atoms with E-state index in [9.17, 15) is 33.3 Å². The van der Waals surface area contributed by atoms with Crippen LogP contribution in [0, 0.1) is 0 Å². The molecule has 1 fully saturated rings. The molecule has 178 valence electrons. The van der Waals surface area contributed by atoms with E-state index in [1.807, 2.05) is 11.9 Å². The largest absolute Gasteiger partial charge is 0.507 e. The van der Waals surface area contributed by atoms with Crippen molar-refractivity contribution in [3.8, 4) is 22.8 Å². The summed E-state index contributed by atoms with van der Waals surface area (Å²) in [6.07, 6.45) is -4.05. The number of hydrogen-bond donors (Lipinski definition) is 3. The van der Waals surface area contributed by atoms with E-state index < -0.39 is 28.8 Å². The summed E-state index contributed by atoms with van der Waals surface area (Å²) >= 11 is 6.07. The average molecular weight is 551 g/mol. The number of rotatable bonds is 3. The van der Waals surface area contributed by atoms with E-state index in [1.54, 1.807) is 0 Å². The van der Waals surface area contributed by atoms with Crippen LogP contribution in [0.15, 0.2) is 39.5 Å². The Morgan fingerprint density at radius 2 is 1.88 bits per heavy atom. The Balaban J connectivity index is 0.00000306. The molecular formula is C22H20BrClF3NO5. The number of halogens is 5. The standard InChI is InChI=1S/C22H19ClF3NO5.BrH/c1-27-5-4-12(14(27)9-28)19-15(29)7-16(30)20-17(31)8-18(32-21(19)20)11-3-2-10(6-13(11)23)22(24,25)26;/h2-3,6-8,12,14,28-30H,4-5,9H2,1H3;1H/t12-,14+;/m1./s1. The average Bonchev–Trinajstić information content (AvgIpc) is 3.06. The summed E-state index contributed by atoms with van der Waals surface area (Å²) in [6.45, 7) is 0.407. The highest BCUT2D eigenvalue weighted by Crippen LogP contribution is 2.45. The third kappa shape index (κ3) is 4.44. The number of aromatic hydroxyl groups is 2. The molecule has 1 aliphatic rings. The van der Waals surface area contributed by atoms with Crippen molar-refractivity contribution >= 4 is 39.6 Å². The summed E-state index contributed by atoms with van der Waals surface area (Å²) in [4.78, 5) is 14.7. The second-order valence-corrected chi connectivity index (χ2v) is 8.23. The number of likely N-dealkylation sites (N-methyl/N-ethyl adjacent to an activating group) is 1. The fourth-order valence-electron chi connectivity index (χ4n) is 4.32. The molecule has 0 amide bonds. The quantitative estimate of drug-likeness (QED) is 0.430. The van der Waals surface area contributed by atoms with E-state index >= 15 is 0 Å². The minimum Gasteiger partial charge on any atom is -0.507 e. The third-order valence-electron chi connectivity index (χ3n) is 5.94. The lowest BCUT2D eigenvalue weighted by Gasteiger charge is -2.24. The number of hydrogen-bond acceptors (Lipinski definition) is 6. The van der Waals surface area contributed by atoms with E-state index in [2.05, 4.69) is 0 Å². The van der Waals surface area contributed by atoms with Gasteiger partial charge in [-0.2, -0.15) is 13.2 Å². The van der Waals surface area contributed by atoms with Gasteiger partial charge in [-0.1, -0.05) is 11.6 Å². The molecule has 0 unspecified atom stereocenters. The normalized spacial score (nSPS) is 19.1. The Kier molecular flexibility index (Phi) is 7.05. The molecule has 0 spiro atoms. The van der Waals surface area contributed by atoms with E-state index in [0.717, 1.165) is 30.3 Å². The highest BCUT2D eigenvalue weighted by molar-refractivity contribution is 8.93. The van der Waals surface area contributed by atoms with Crippen LogP contribution in [0.3, 0.4) is 0 Å². The van der Waals surface area contributed by atoms with Crippen LogP contribution in [0.1, 0.15) is 23.5 Å². The van der Waals surface area contributed by atoms with Crippen molar-refractivity contribution in [2.75, 3.05) is 20.2 Å². The van der Waals surface area contributed by atoms with Crippen molar-refractivity contribution in [3.63, 3.8) is 0 Å². The first-order valence-corrected chi connectivity index (χ1v) is 10.1. The number of phenols is 2. The van der Waals surface area contributed by atoms with Gasteiger partial charge in [0.15, 0.2) is 5.43 Å². The summed E-state index contributed by atoms with van der Waals surface area (Å²) in [6, 6.07) is 4.36. The van der Waals surface area contributed by atoms with Crippen molar-refractivity contribution in [1.82, 2.24) is 4.90 Å². The zero-order valence-electron chi connectivity index (χ0n) is 17.2. The molecule has 2 aromatic carbocycles. The first kappa shape index (κ1) is 25.4. The maximum absolute atomic E-state index is 13.0. The molecule has 4 rings (SSSR count). The Morgan fingerprint density at radius 1 is 1.18 bits per heavy atom. The molecule has 3 N–H and O–H groups in total. The molecular weight excluding hydrogens is 531 g/mol. The van der Waals surface area contributed by atoms with Crippen molar-refractivity contribution in [2.45, 2.75) is 24.6 Å². The highest BCUT2D eigenvalue weighted by atomic mass is 79.9. The molecule has 0 radical (unpaired) electrons. The number of fused-ring (bicyclic) bond motifs is 1. The monoisotopic (exact) mass is 549 g/mol. The number of likely N-dealkylation sites (tertiary alicyclic amines) is 1. The van der Waals surface area contributed by atoms with Gasteiger partial charge in [0.2, 0.25) is 0 Å². The molecule has 33 heavy (non-hydrogen) atoms. The summed E-state index contributed by atoms with van der Waals surface area (Å²) in [7, 11) is 1.81. The van der Waals surface area contributed by atoms with Crippen LogP contribution in [-0.4, -0.2) is 46.5 Å². The zero-order valence-corrected chi connectivity index (χ0v) is 19.7. The first-order chi connectivity index (χ1) is 15.0. The molecule has 1 saturated heterocycles. The summed E-state index contributed by atoms with van der Waals surface area (Å²) in [5.41, 5.74) is -1.41. The molecule has 0 saturated carbocycles. The van der Waals surface area contributed by atoms with Crippen LogP contribution in [0.5, 0.6) is 11.5 Å². The second-order valence-electron chi connectivity index (χ2n) is 7.83. The third-order valence-corrected chi connectivity index (χ3v) is 6.25. The summed E-state index contributed by atoms with van der Waals surface area (Å²) in [5.74, 6) is -1.33. The molecule has 11 heteroatoms. The van der Waals surface area contributed by atoms with Crippen molar-refractivity contribution in [3.05, 3.63) is 56.7 Å². The molecule has 6 nitrogen and oxygen atoms in total. The zero-order chi connectivity index (χ0) is 23.4. The molecule has 0 aliphatic carbocycles. The van der Waals surface area contributed by atoms with Gasteiger partial charge in [0, 0.05) is 35.2 Å². The SMILES string of the molecule is Br.CN1CC[C@@H](c2c(O)cc(O)c3c(=O)cc(-c4ccc(C(F)(F)F)cc4Cl)oc23)[C@@H]1CO. The van der Waals surface area contributed by atoms with Crippen LogP contribution in [0.2, 0.25) is 5.02 Å². The second kappa shape index (κ2) is 9.17. The van der Waals surface area contributed by atoms with E-state index in [1.165, 1.54) is 0 Å². The number of alkyl halides is 3. The number of aliphatic hydroxyl groups is 1. The van der Waals surface area contributed by atoms with Gasteiger partial charge in [0.05, 0.1) is 17.2 Å². The van der Waals surface area contributed by atoms with Gasteiger partial charge < -0.3 is 24.6 Å². The van der Waals surface area contributed by atoms with Crippen molar-refractivity contribution < 1.29 is 32.9 Å². The predicted octanol–water partition coefficient (Wildman–Crippen LogP) is 4.90. The van der Waals surface area contributed by atoms with E-state index in [4.69, 9.17) is 16.0 Å². The minimum atomic E-state index is -4.59. The summed E-state index contributed by atoms with van der Waals surface area (Å²) < 4.78 is 44.8. The van der Waals surface area contributed by atoms with Gasteiger partial charge >= 0.3 is 6.18 Å². The van der Waals surface area contributed by atoms with Gasteiger partial charge in [0.1, 0.15) is 28.2 Å². The Hall–Kier alpha value is -2.27. The van der Waals surface area contributed by atoms with Crippen molar-refractivity contribution in [2.24, 2.45) is 0 Å². The van der Waals surface area contributed by atoms with Gasteiger partial charge in [0.25, 0.3) is 0 Å². The summed E-state index contributed by atoms with van der Waals surface area (Å²) in [5, 5.41) is 30.3. The van der Waals surface area contributed by atoms with Gasteiger partial charge in [-0.15, -0.1) is 17.0 Å². The van der Waals surface area contributed by atoms with E-state index in [-0.39, 0.29) is 68.3 Å². The molecule has 0 bridgehead atoms. The molecule has 1 aromatic heterocycles. The lowest BCUT2D eigenvalue weighted by Crippen LogP contribution is -2.32. The molecule has 2 heterocycles. The molecule has 1 aliphatic heterocycles. The number of nitrogens with zero attached hydrogens (tertiary/aromatic N) is 1. The Labute approximate surface area is 201 Å². The van der Waals surface area contributed by atoms with Gasteiger partial charge in [-0.3, -0.25) is 4.79 Å². The topological polar surface area (TPSA) is 94.1 Å². The molecule has 3 aromatic rings. The first-order valence-electron chi connectivity index (χ1n) is 9.73. The maximum atomic E-state index is 13.0. The van der Waals surface area contributed by atoms with Crippen LogP contribution in [0.25, 0.3) is 22.3 Å². The minimum absolute atomic E-state index is 0. The fraction of sp³-hybridized carbons (Fsp3) is 0.318. The maximum Gasteiger partial charge on any atom is 0.416 e. The number of aliphatic hydroxyl groups excluding tert-OH is 1. The van der Waals surface area contributed by atoms with Gasteiger partial charge in [-0.05, 0) is 38.2 Å². The number of phenolic OH excluding ortho intramolecular Hbond substituents is 2. The van der Waals surface area contributed by atoms with Crippen LogP contribution < -0.4 is 5.43 Å². The van der Waals surface area contributed by atoms with Gasteiger partial charge in [-0.25, -0.2) is 0 Å². The number of benzene rings is 2. The smallest absolute Gasteiger partial charge is 0.416 e. The lowest BCUT2D eigenvalue weighted by molar-refractivity contribution is -0.137. The highest BCUT2D eigenvalue weighted by Gasteiger charge is 2.37. The molecule has 2 atom stereocenters. The van der Waals surface area contributed by atoms with Crippen LogP contribution in [0.4, 0.5) is 13.2 Å². The van der Waals surface area contributed by atoms with Crippen molar-refractivity contribution in [1.29, 1.82) is 0 Å². The van der Waals surface area contributed by atoms with E-state index in [0.29, 0.717) is 13.0 Å².